The minimum atomic E-state index is 0.210. The lowest BCUT2D eigenvalue weighted by Crippen LogP contribution is -2.04. The highest BCUT2D eigenvalue weighted by Gasteiger charge is 2.29. The fourth-order valence-corrected chi connectivity index (χ4v) is 1.87. The van der Waals surface area contributed by atoms with Crippen LogP contribution in [0.15, 0.2) is 30.3 Å². The van der Waals surface area contributed by atoms with Gasteiger partial charge in [0, 0.05) is 30.5 Å². The Morgan fingerprint density at radius 2 is 1.87 bits per heavy atom. The Bertz CT molecular complexity index is 472. The summed E-state index contributed by atoms with van der Waals surface area (Å²) in [5.41, 5.74) is 3.04. The van der Waals surface area contributed by atoms with E-state index in [0.717, 1.165) is 24.0 Å². The summed E-state index contributed by atoms with van der Waals surface area (Å²) in [4.78, 5) is 0. The topological polar surface area (TPSA) is 47.6 Å². The van der Waals surface area contributed by atoms with Crippen LogP contribution < -0.4 is 0 Å². The zero-order valence-corrected chi connectivity index (χ0v) is 8.20. The molecule has 2 heteroatoms. The lowest BCUT2D eigenvalue weighted by atomic mass is 9.85. The molecule has 0 fully saturated rings. The van der Waals surface area contributed by atoms with Crippen molar-refractivity contribution in [1.29, 1.82) is 10.5 Å². The van der Waals surface area contributed by atoms with Gasteiger partial charge in [-0.2, -0.15) is 10.5 Å². The van der Waals surface area contributed by atoms with Gasteiger partial charge in [-0.05, 0) is 12.1 Å². The van der Waals surface area contributed by atoms with Crippen LogP contribution in [0.4, 0.5) is 0 Å². The Kier molecular flexibility index (Phi) is 2.44. The lowest BCUT2D eigenvalue weighted by Gasteiger charge is -2.09. The van der Waals surface area contributed by atoms with Gasteiger partial charge in [-0.15, -0.1) is 0 Å². The van der Waals surface area contributed by atoms with Gasteiger partial charge in [-0.1, -0.05) is 6.07 Å². The van der Waals surface area contributed by atoms with E-state index < -0.39 is 0 Å². The molecule has 0 radical (unpaired) electrons. The highest BCUT2D eigenvalue weighted by atomic mass is 14.3. The van der Waals surface area contributed by atoms with E-state index in [0.29, 0.717) is 0 Å². The van der Waals surface area contributed by atoms with Gasteiger partial charge < -0.3 is 0 Å². The van der Waals surface area contributed by atoms with Crippen molar-refractivity contribution < 1.29 is 0 Å². The van der Waals surface area contributed by atoms with Crippen LogP contribution in [0.2, 0.25) is 0 Å². The summed E-state index contributed by atoms with van der Waals surface area (Å²) in [6, 6.07) is 11.8. The molecule has 2 rings (SSSR count). The van der Waals surface area contributed by atoms with E-state index >= 15 is 0 Å². The number of benzene rings is 1. The average Bonchev–Trinajstić information content (AvgIpc) is 2.31. The molecule has 0 aliphatic heterocycles. The van der Waals surface area contributed by atoms with Gasteiger partial charge in [0.1, 0.15) is 0 Å². The van der Waals surface area contributed by atoms with E-state index in [1.807, 2.05) is 36.4 Å². The van der Waals surface area contributed by atoms with Gasteiger partial charge in [-0.3, -0.25) is 0 Å². The smallest absolute Gasteiger partial charge is 0.175 e. The average molecular weight is 193 g/mol. The Labute approximate surface area is 89.1 Å². The third-order valence-electron chi connectivity index (χ3n) is 2.56. The number of aryl methyl sites for hydroxylation is 1. The summed E-state index contributed by atoms with van der Waals surface area (Å²) >= 11 is 0. The molecule has 0 spiro atoms. The Hall–Kier alpha value is -2.19. The molecule has 15 heavy (non-hydrogen) atoms. The monoisotopic (exact) mass is 193 g/mol. The van der Waals surface area contributed by atoms with Crippen molar-refractivity contribution in [3.63, 3.8) is 0 Å². The Morgan fingerprint density at radius 1 is 1.13 bits per heavy atom. The van der Waals surface area contributed by atoms with Crippen LogP contribution in [0.1, 0.15) is 17.5 Å². The number of rotatable bonds is 1. The first-order valence-corrected chi connectivity index (χ1v) is 4.83. The van der Waals surface area contributed by atoms with E-state index in [4.69, 9.17) is 10.5 Å². The van der Waals surface area contributed by atoms with Gasteiger partial charge in [0.15, 0.2) is 17.7 Å². The molecule has 0 saturated heterocycles. The summed E-state index contributed by atoms with van der Waals surface area (Å²) in [6.07, 6.45) is 3.87. The van der Waals surface area contributed by atoms with Crippen molar-refractivity contribution in [3.05, 3.63) is 47.4 Å². The number of allylic oxidation sites excluding steroid dienone is 2. The molecule has 0 heterocycles. The van der Waals surface area contributed by atoms with E-state index in [1.54, 1.807) is 0 Å². The summed E-state index contributed by atoms with van der Waals surface area (Å²) in [6.45, 7) is 0. The molecule has 0 bridgehead atoms. The molecule has 1 aliphatic rings. The minimum Gasteiger partial charge on any atom is -0.175 e. The molecule has 1 aliphatic carbocycles. The number of fused-ring (bicyclic) bond motifs is 1. The van der Waals surface area contributed by atoms with Gasteiger partial charge in [0.05, 0.1) is 5.56 Å². The molecular weight excluding hydrogens is 184 g/mol. The van der Waals surface area contributed by atoms with E-state index in [9.17, 15) is 0 Å². The molecule has 1 aromatic carbocycles. The van der Waals surface area contributed by atoms with E-state index in [1.165, 1.54) is 5.56 Å². The Morgan fingerprint density at radius 3 is 2.60 bits per heavy atom. The van der Waals surface area contributed by atoms with Gasteiger partial charge in [0.25, 0.3) is 0 Å². The first kappa shape index (κ1) is 9.37. The zero-order valence-electron chi connectivity index (χ0n) is 8.20. The van der Waals surface area contributed by atoms with E-state index in [2.05, 4.69) is 6.07 Å². The first-order chi connectivity index (χ1) is 7.36. The van der Waals surface area contributed by atoms with Gasteiger partial charge in [0.2, 0.25) is 5.92 Å². The molecule has 0 aromatic heterocycles. The molecule has 0 unspecified atom stereocenters. The molecule has 1 aromatic rings. The quantitative estimate of drug-likeness (QED) is 0.643. The normalized spacial score (nSPS) is 13.1. The lowest BCUT2D eigenvalue weighted by molar-refractivity contribution is 0.975. The molecular formula is C13H9N2+. The van der Waals surface area contributed by atoms with Gasteiger partial charge in [-0.25, -0.2) is 0 Å². The van der Waals surface area contributed by atoms with Crippen LogP contribution in [0.3, 0.4) is 0 Å². The predicted octanol–water partition coefficient (Wildman–Crippen LogP) is 2.64. The molecule has 0 amide bonds. The van der Waals surface area contributed by atoms with Crippen molar-refractivity contribution in [2.24, 2.45) is 0 Å². The van der Waals surface area contributed by atoms with Crippen molar-refractivity contribution in [1.82, 2.24) is 0 Å². The number of nitrogens with zero attached hydrogens (tertiary/aromatic N) is 2. The summed E-state index contributed by atoms with van der Waals surface area (Å²) < 4.78 is 0. The summed E-state index contributed by atoms with van der Waals surface area (Å²) in [5.74, 6) is 0.210. The van der Waals surface area contributed by atoms with Crippen LogP contribution in [0, 0.1) is 28.6 Å². The maximum absolute atomic E-state index is 8.85. The number of hydrogen-bond acceptors (Lipinski definition) is 2. The molecule has 2 nitrogen and oxygen atoms in total. The van der Waals surface area contributed by atoms with Crippen molar-refractivity contribution >= 4 is 5.57 Å². The largest absolute Gasteiger partial charge is 0.242 e. The SMILES string of the molecule is N#C[C+](C#N)C1=CCCc2ccccc21. The first-order valence-electron chi connectivity index (χ1n) is 4.83. The second kappa shape index (κ2) is 3.90. The number of hydrogen-bond donors (Lipinski definition) is 0. The molecule has 0 saturated carbocycles. The van der Waals surface area contributed by atoms with Crippen LogP contribution in [0.5, 0.6) is 0 Å². The highest BCUT2D eigenvalue weighted by molar-refractivity contribution is 5.85. The van der Waals surface area contributed by atoms with E-state index in [-0.39, 0.29) is 5.92 Å². The maximum Gasteiger partial charge on any atom is 0.242 e. The highest BCUT2D eigenvalue weighted by Crippen LogP contribution is 2.32. The summed E-state index contributed by atoms with van der Waals surface area (Å²) in [5, 5.41) is 17.7. The zero-order chi connectivity index (χ0) is 10.7. The van der Waals surface area contributed by atoms with Crippen LogP contribution in [0.25, 0.3) is 5.57 Å². The maximum atomic E-state index is 8.85. The minimum absolute atomic E-state index is 0.210. The summed E-state index contributed by atoms with van der Waals surface area (Å²) in [7, 11) is 0. The fraction of sp³-hybridized carbons (Fsp3) is 0.154. The Balaban J connectivity index is 2.49. The third-order valence-corrected chi connectivity index (χ3v) is 2.56. The van der Waals surface area contributed by atoms with Crippen molar-refractivity contribution in [2.45, 2.75) is 12.8 Å². The molecule has 70 valence electrons. The molecule has 0 N–H and O–H groups in total. The van der Waals surface area contributed by atoms with Crippen LogP contribution >= 0.6 is 0 Å². The van der Waals surface area contributed by atoms with Gasteiger partial charge >= 0.3 is 0 Å². The van der Waals surface area contributed by atoms with Crippen molar-refractivity contribution in [2.75, 3.05) is 0 Å². The fourth-order valence-electron chi connectivity index (χ4n) is 1.87. The second-order valence-electron chi connectivity index (χ2n) is 3.41. The van der Waals surface area contributed by atoms with Crippen molar-refractivity contribution in [3.8, 4) is 12.1 Å². The second-order valence-corrected chi connectivity index (χ2v) is 3.41. The van der Waals surface area contributed by atoms with Crippen LogP contribution in [-0.2, 0) is 6.42 Å². The molecule has 0 atom stereocenters. The third kappa shape index (κ3) is 1.58. The van der Waals surface area contributed by atoms with Crippen LogP contribution in [-0.4, -0.2) is 0 Å². The standard InChI is InChI=1S/C13H9N2/c14-8-11(9-15)13-7-3-5-10-4-1-2-6-12(10)13/h1-2,4,6-7H,3,5H2/q+1. The number of nitriles is 2. The predicted molar refractivity (Wildman–Crippen MR) is 57.2 cm³/mol.